The molecule has 5 nitrogen and oxygen atoms in total. The van der Waals surface area contributed by atoms with Crippen LogP contribution in [0.15, 0.2) is 65.3 Å². The molecule has 1 heterocycles. The zero-order chi connectivity index (χ0) is 16.7. The van der Waals surface area contributed by atoms with Crippen molar-refractivity contribution in [1.29, 1.82) is 0 Å². The fraction of sp³-hybridized carbons (Fsp3) is 0. The molecule has 1 aromatic heterocycles. The van der Waals surface area contributed by atoms with E-state index in [2.05, 4.69) is 5.32 Å². The second-order valence-electron chi connectivity index (χ2n) is 5.36. The van der Waals surface area contributed by atoms with E-state index >= 15 is 0 Å². The van der Waals surface area contributed by atoms with Gasteiger partial charge in [-0.2, -0.15) is 0 Å². The van der Waals surface area contributed by atoms with Gasteiger partial charge in [-0.05, 0) is 18.2 Å². The predicted molar refractivity (Wildman–Crippen MR) is 86.4 cm³/mol. The molecule has 0 bridgehead atoms. The molecule has 3 aromatic rings. The third kappa shape index (κ3) is 2.06. The highest BCUT2D eigenvalue weighted by Crippen LogP contribution is 2.32. The van der Waals surface area contributed by atoms with Crippen molar-refractivity contribution >= 4 is 23.2 Å². The summed E-state index contributed by atoms with van der Waals surface area (Å²) in [6.07, 6.45) is 1.39. The lowest BCUT2D eigenvalue weighted by Crippen LogP contribution is -2.23. The Morgan fingerprint density at radius 1 is 0.792 bits per heavy atom. The number of benzene rings is 2. The number of anilines is 1. The number of ketones is 2. The average molecular weight is 317 g/mol. The Bertz CT molecular complexity index is 986. The maximum Gasteiger partial charge on any atom is 0.291 e. The van der Waals surface area contributed by atoms with E-state index < -0.39 is 5.91 Å². The van der Waals surface area contributed by atoms with Crippen LogP contribution < -0.4 is 5.32 Å². The standard InChI is InChI=1S/C19H11NO4/c21-17-11-5-1-2-6-12(11)18(22)16-13(17)7-3-8-14(16)20-19(23)15-9-4-10-24-15/h1-10H,(H,20,23). The maximum atomic E-state index is 12.8. The number of carbonyl (C=O) groups excluding carboxylic acids is 3. The van der Waals surface area contributed by atoms with Crippen molar-refractivity contribution in [2.45, 2.75) is 0 Å². The second-order valence-corrected chi connectivity index (χ2v) is 5.36. The summed E-state index contributed by atoms with van der Waals surface area (Å²) in [7, 11) is 0. The van der Waals surface area contributed by atoms with Crippen LogP contribution in [0.1, 0.15) is 42.4 Å². The third-order valence-corrected chi connectivity index (χ3v) is 3.95. The quantitative estimate of drug-likeness (QED) is 0.615. The average Bonchev–Trinajstić information content (AvgIpc) is 3.14. The van der Waals surface area contributed by atoms with Gasteiger partial charge in [-0.3, -0.25) is 14.4 Å². The lowest BCUT2D eigenvalue weighted by molar-refractivity contribution is 0.0977. The van der Waals surface area contributed by atoms with Gasteiger partial charge in [0.2, 0.25) is 0 Å². The number of fused-ring (bicyclic) bond motifs is 2. The van der Waals surface area contributed by atoms with Crippen molar-refractivity contribution in [3.8, 4) is 0 Å². The summed E-state index contributed by atoms with van der Waals surface area (Å²) in [5.41, 5.74) is 1.51. The molecule has 5 heteroatoms. The van der Waals surface area contributed by atoms with E-state index in [9.17, 15) is 14.4 Å². The van der Waals surface area contributed by atoms with Crippen LogP contribution in [-0.2, 0) is 0 Å². The Labute approximate surface area is 136 Å². The van der Waals surface area contributed by atoms with Gasteiger partial charge in [0.15, 0.2) is 17.3 Å². The molecule has 1 aliphatic carbocycles. The number of furan rings is 1. The van der Waals surface area contributed by atoms with Crippen molar-refractivity contribution < 1.29 is 18.8 Å². The minimum Gasteiger partial charge on any atom is -0.459 e. The lowest BCUT2D eigenvalue weighted by Gasteiger charge is -2.20. The van der Waals surface area contributed by atoms with Crippen molar-refractivity contribution in [3.63, 3.8) is 0 Å². The van der Waals surface area contributed by atoms with E-state index in [4.69, 9.17) is 4.42 Å². The summed E-state index contributed by atoms with van der Waals surface area (Å²) in [5, 5.41) is 2.65. The Morgan fingerprint density at radius 2 is 1.50 bits per heavy atom. The van der Waals surface area contributed by atoms with Crippen molar-refractivity contribution in [1.82, 2.24) is 0 Å². The number of rotatable bonds is 2. The maximum absolute atomic E-state index is 12.8. The van der Waals surface area contributed by atoms with Gasteiger partial charge in [-0.25, -0.2) is 0 Å². The molecular formula is C19H11NO4. The van der Waals surface area contributed by atoms with Gasteiger partial charge in [0, 0.05) is 16.7 Å². The molecule has 0 aliphatic heterocycles. The van der Waals surface area contributed by atoms with Crippen molar-refractivity contribution in [2.24, 2.45) is 0 Å². The number of hydrogen-bond acceptors (Lipinski definition) is 4. The van der Waals surface area contributed by atoms with E-state index in [0.29, 0.717) is 16.8 Å². The van der Waals surface area contributed by atoms with E-state index in [-0.39, 0.29) is 28.5 Å². The van der Waals surface area contributed by atoms with Crippen molar-refractivity contribution in [3.05, 3.63) is 88.9 Å². The van der Waals surface area contributed by atoms with Gasteiger partial charge < -0.3 is 9.73 Å². The van der Waals surface area contributed by atoms with Crippen LogP contribution in [-0.4, -0.2) is 17.5 Å². The first-order valence-electron chi connectivity index (χ1n) is 7.33. The Hall–Kier alpha value is -3.47. The molecule has 1 amide bonds. The fourth-order valence-electron chi connectivity index (χ4n) is 2.84. The molecule has 116 valence electrons. The van der Waals surface area contributed by atoms with E-state index in [1.54, 1.807) is 48.5 Å². The van der Waals surface area contributed by atoms with Gasteiger partial charge in [0.05, 0.1) is 17.5 Å². The number of carbonyl (C=O) groups is 3. The first-order valence-corrected chi connectivity index (χ1v) is 7.33. The summed E-state index contributed by atoms with van der Waals surface area (Å²) < 4.78 is 5.05. The third-order valence-electron chi connectivity index (χ3n) is 3.95. The monoisotopic (exact) mass is 317 g/mol. The summed E-state index contributed by atoms with van der Waals surface area (Å²) in [4.78, 5) is 37.6. The number of nitrogens with one attached hydrogen (secondary N) is 1. The highest BCUT2D eigenvalue weighted by molar-refractivity contribution is 6.30. The molecule has 0 saturated carbocycles. The van der Waals surface area contributed by atoms with Crippen LogP contribution in [0.4, 0.5) is 5.69 Å². The van der Waals surface area contributed by atoms with Crippen LogP contribution in [0, 0.1) is 0 Å². The Balaban J connectivity index is 1.81. The molecule has 0 saturated heterocycles. The van der Waals surface area contributed by atoms with Crippen LogP contribution in [0.25, 0.3) is 0 Å². The normalized spacial score (nSPS) is 12.5. The molecule has 0 fully saturated rings. The highest BCUT2D eigenvalue weighted by Gasteiger charge is 2.31. The minimum absolute atomic E-state index is 0.127. The van der Waals surface area contributed by atoms with Crippen LogP contribution in [0.2, 0.25) is 0 Å². The summed E-state index contributed by atoms with van der Waals surface area (Å²) in [6.45, 7) is 0. The molecule has 0 radical (unpaired) electrons. The lowest BCUT2D eigenvalue weighted by atomic mass is 9.83. The van der Waals surface area contributed by atoms with E-state index in [1.165, 1.54) is 12.3 Å². The molecule has 2 aromatic carbocycles. The second kappa shape index (κ2) is 5.31. The van der Waals surface area contributed by atoms with Crippen LogP contribution >= 0.6 is 0 Å². The zero-order valence-corrected chi connectivity index (χ0v) is 12.4. The number of hydrogen-bond donors (Lipinski definition) is 1. The zero-order valence-electron chi connectivity index (χ0n) is 12.4. The Morgan fingerprint density at radius 3 is 2.21 bits per heavy atom. The molecule has 0 unspecified atom stereocenters. The number of amides is 1. The van der Waals surface area contributed by atoms with Gasteiger partial charge in [0.1, 0.15) is 0 Å². The molecule has 0 atom stereocenters. The molecule has 24 heavy (non-hydrogen) atoms. The van der Waals surface area contributed by atoms with Crippen LogP contribution in [0.3, 0.4) is 0 Å². The smallest absolute Gasteiger partial charge is 0.291 e. The first kappa shape index (κ1) is 14.1. The van der Waals surface area contributed by atoms with E-state index in [1.807, 2.05) is 0 Å². The topological polar surface area (TPSA) is 76.4 Å². The fourth-order valence-corrected chi connectivity index (χ4v) is 2.84. The van der Waals surface area contributed by atoms with Gasteiger partial charge in [-0.15, -0.1) is 0 Å². The molecule has 1 aliphatic rings. The summed E-state index contributed by atoms with van der Waals surface area (Å²) in [6, 6.07) is 14.6. The van der Waals surface area contributed by atoms with Gasteiger partial charge in [-0.1, -0.05) is 36.4 Å². The van der Waals surface area contributed by atoms with Gasteiger partial charge in [0.25, 0.3) is 5.91 Å². The van der Waals surface area contributed by atoms with Gasteiger partial charge >= 0.3 is 0 Å². The van der Waals surface area contributed by atoms with E-state index in [0.717, 1.165) is 0 Å². The summed E-state index contributed by atoms with van der Waals surface area (Å²) >= 11 is 0. The molecular weight excluding hydrogens is 306 g/mol. The first-order chi connectivity index (χ1) is 11.7. The molecule has 1 N–H and O–H groups in total. The minimum atomic E-state index is -0.479. The highest BCUT2D eigenvalue weighted by atomic mass is 16.3. The summed E-state index contributed by atoms with van der Waals surface area (Å²) in [5.74, 6) is -0.861. The largest absolute Gasteiger partial charge is 0.459 e. The molecule has 0 spiro atoms. The predicted octanol–water partition coefficient (Wildman–Crippen LogP) is 3.31. The van der Waals surface area contributed by atoms with Crippen molar-refractivity contribution in [2.75, 3.05) is 5.32 Å². The molecule has 4 rings (SSSR count). The SMILES string of the molecule is O=C(Nc1cccc2c1C(=O)c1ccccc1C2=O)c1ccco1. The Kier molecular flexibility index (Phi) is 3.13. The van der Waals surface area contributed by atoms with Crippen LogP contribution in [0.5, 0.6) is 0 Å².